The van der Waals surface area contributed by atoms with Crippen LogP contribution in [-0.4, -0.2) is 60.0 Å². The number of piperidine rings is 1. The van der Waals surface area contributed by atoms with Gasteiger partial charge >= 0.3 is 0 Å². The number of methoxy groups -OCH3 is 1. The van der Waals surface area contributed by atoms with Crippen LogP contribution in [0.25, 0.3) is 0 Å². The fraction of sp³-hybridized carbons (Fsp3) is 0.647. The summed E-state index contributed by atoms with van der Waals surface area (Å²) in [6.45, 7) is 5.49. The summed E-state index contributed by atoms with van der Waals surface area (Å²) in [6.07, 6.45) is 4.47. The molecule has 0 radical (unpaired) electrons. The van der Waals surface area contributed by atoms with Crippen LogP contribution in [0.15, 0.2) is 23.0 Å². The fourth-order valence-electron chi connectivity index (χ4n) is 3.83. The van der Waals surface area contributed by atoms with Gasteiger partial charge in [0.15, 0.2) is 6.10 Å². The number of nitrogens with zero attached hydrogens (tertiary/aromatic N) is 2. The van der Waals surface area contributed by atoms with E-state index >= 15 is 0 Å². The normalized spacial score (nSPS) is 25.8. The number of ether oxygens (including phenoxy) is 1. The van der Waals surface area contributed by atoms with Gasteiger partial charge in [-0.25, -0.2) is 0 Å². The number of hydrogen-bond donors (Lipinski definition) is 0. The Morgan fingerprint density at radius 3 is 2.57 bits per heavy atom. The Hall–Kier alpha value is -1.82. The lowest BCUT2D eigenvalue weighted by molar-refractivity contribution is -0.181. The van der Waals surface area contributed by atoms with Crippen LogP contribution in [0.1, 0.15) is 37.0 Å². The van der Waals surface area contributed by atoms with Crippen molar-refractivity contribution in [3.63, 3.8) is 0 Å². The van der Waals surface area contributed by atoms with Gasteiger partial charge in [-0.3, -0.25) is 9.59 Å². The topological polar surface area (TPSA) is 63.0 Å². The number of carbonyl (C=O) groups excluding carboxylic acids is 2. The Bertz CT molecular complexity index is 561. The second-order valence-electron chi connectivity index (χ2n) is 6.63. The van der Waals surface area contributed by atoms with E-state index < -0.39 is 0 Å². The zero-order valence-corrected chi connectivity index (χ0v) is 13.9. The van der Waals surface area contributed by atoms with E-state index in [9.17, 15) is 9.59 Å². The molecule has 0 aromatic carbocycles. The van der Waals surface area contributed by atoms with E-state index in [1.54, 1.807) is 13.2 Å². The van der Waals surface area contributed by atoms with Gasteiger partial charge in [0.2, 0.25) is 0 Å². The molecule has 2 aliphatic rings. The van der Waals surface area contributed by atoms with E-state index in [2.05, 4.69) is 0 Å². The molecule has 3 heterocycles. The predicted octanol–water partition coefficient (Wildman–Crippen LogP) is 1.77. The molecule has 2 amide bonds. The van der Waals surface area contributed by atoms with Gasteiger partial charge in [0.05, 0.1) is 17.9 Å². The lowest BCUT2D eigenvalue weighted by Crippen LogP contribution is -2.70. The van der Waals surface area contributed by atoms with Crippen LogP contribution in [0.4, 0.5) is 0 Å². The Morgan fingerprint density at radius 2 is 2.04 bits per heavy atom. The number of rotatable bonds is 4. The van der Waals surface area contributed by atoms with Gasteiger partial charge in [0, 0.05) is 26.2 Å². The second-order valence-corrected chi connectivity index (χ2v) is 6.63. The summed E-state index contributed by atoms with van der Waals surface area (Å²) in [6, 6.07) is 2.02. The molecule has 0 bridgehead atoms. The van der Waals surface area contributed by atoms with Crippen LogP contribution in [0.2, 0.25) is 0 Å². The SMILES string of the molecule is CO[C@H]1C(=O)N(C(C)C)[C@H]1C1CCN(C(=O)c2ccoc2)CC1. The maximum Gasteiger partial charge on any atom is 0.257 e. The number of furan rings is 1. The number of carbonyl (C=O) groups is 2. The highest BCUT2D eigenvalue weighted by Gasteiger charge is 2.52. The summed E-state index contributed by atoms with van der Waals surface area (Å²) >= 11 is 0. The molecule has 2 atom stereocenters. The van der Waals surface area contributed by atoms with Crippen LogP contribution in [0.3, 0.4) is 0 Å². The average Bonchev–Trinajstić information content (AvgIpc) is 3.06. The maximum absolute atomic E-state index is 12.3. The molecule has 0 unspecified atom stereocenters. The summed E-state index contributed by atoms with van der Waals surface area (Å²) in [5.41, 5.74) is 0.598. The smallest absolute Gasteiger partial charge is 0.257 e. The van der Waals surface area contributed by atoms with E-state index in [1.165, 1.54) is 12.5 Å². The van der Waals surface area contributed by atoms with Crippen molar-refractivity contribution < 1.29 is 18.7 Å². The molecule has 6 heteroatoms. The number of likely N-dealkylation sites (tertiary alicyclic amines) is 2. The third kappa shape index (κ3) is 2.76. The predicted molar refractivity (Wildman–Crippen MR) is 83.9 cm³/mol. The van der Waals surface area contributed by atoms with Crippen LogP contribution in [0, 0.1) is 5.92 Å². The summed E-state index contributed by atoms with van der Waals surface area (Å²) in [5, 5.41) is 0. The summed E-state index contributed by atoms with van der Waals surface area (Å²) < 4.78 is 10.4. The molecule has 1 aromatic rings. The second kappa shape index (κ2) is 6.35. The van der Waals surface area contributed by atoms with Crippen molar-refractivity contribution in [1.29, 1.82) is 0 Å². The van der Waals surface area contributed by atoms with Gasteiger partial charge in [0.1, 0.15) is 6.26 Å². The number of β-lactam (4-membered cyclic amide) rings is 1. The summed E-state index contributed by atoms with van der Waals surface area (Å²) in [4.78, 5) is 28.3. The Morgan fingerprint density at radius 1 is 1.35 bits per heavy atom. The molecule has 126 valence electrons. The third-order valence-electron chi connectivity index (χ3n) is 5.02. The number of hydrogen-bond acceptors (Lipinski definition) is 4. The zero-order chi connectivity index (χ0) is 16.6. The standard InChI is InChI=1S/C17H24N2O4/c1-11(2)19-14(15(22-3)17(19)21)12-4-7-18(8-5-12)16(20)13-6-9-23-10-13/h6,9-12,14-15H,4-5,7-8H2,1-3H3/t14-,15+/m0/s1. The molecular formula is C17H24N2O4. The first-order valence-corrected chi connectivity index (χ1v) is 8.21. The van der Waals surface area contributed by atoms with Crippen molar-refractivity contribution >= 4 is 11.8 Å². The quantitative estimate of drug-likeness (QED) is 0.793. The molecular weight excluding hydrogens is 296 g/mol. The van der Waals surface area contributed by atoms with Crippen molar-refractivity contribution in [2.75, 3.05) is 20.2 Å². The van der Waals surface area contributed by atoms with E-state index in [-0.39, 0.29) is 30.0 Å². The average molecular weight is 320 g/mol. The molecule has 2 aliphatic heterocycles. The molecule has 1 aromatic heterocycles. The summed E-state index contributed by atoms with van der Waals surface area (Å²) in [5.74, 6) is 0.490. The Balaban J connectivity index is 1.62. The van der Waals surface area contributed by atoms with E-state index in [0.717, 1.165) is 12.8 Å². The molecule has 23 heavy (non-hydrogen) atoms. The van der Waals surface area contributed by atoms with Crippen molar-refractivity contribution in [3.05, 3.63) is 24.2 Å². The lowest BCUT2D eigenvalue weighted by Gasteiger charge is -2.53. The minimum absolute atomic E-state index is 0.0193. The van der Waals surface area contributed by atoms with Crippen molar-refractivity contribution in [2.24, 2.45) is 5.92 Å². The van der Waals surface area contributed by atoms with Gasteiger partial charge in [-0.2, -0.15) is 0 Å². The minimum atomic E-state index is -0.321. The monoisotopic (exact) mass is 320 g/mol. The Labute approximate surface area is 136 Å². The van der Waals surface area contributed by atoms with Crippen molar-refractivity contribution in [1.82, 2.24) is 9.80 Å². The van der Waals surface area contributed by atoms with Gasteiger partial charge in [-0.1, -0.05) is 0 Å². The molecule has 0 aliphatic carbocycles. The molecule has 0 N–H and O–H groups in total. The molecule has 2 fully saturated rings. The Kier molecular flexibility index (Phi) is 4.43. The first-order valence-electron chi connectivity index (χ1n) is 8.21. The third-order valence-corrected chi connectivity index (χ3v) is 5.02. The van der Waals surface area contributed by atoms with Gasteiger partial charge in [-0.05, 0) is 38.7 Å². The van der Waals surface area contributed by atoms with E-state index in [0.29, 0.717) is 24.6 Å². The highest BCUT2D eigenvalue weighted by Crippen LogP contribution is 2.36. The molecule has 2 saturated heterocycles. The number of amides is 2. The van der Waals surface area contributed by atoms with Crippen molar-refractivity contribution in [2.45, 2.75) is 44.9 Å². The van der Waals surface area contributed by atoms with Crippen LogP contribution in [0.5, 0.6) is 0 Å². The van der Waals surface area contributed by atoms with Gasteiger partial charge in [-0.15, -0.1) is 0 Å². The fourth-order valence-corrected chi connectivity index (χ4v) is 3.83. The molecule has 6 nitrogen and oxygen atoms in total. The van der Waals surface area contributed by atoms with Crippen LogP contribution >= 0.6 is 0 Å². The van der Waals surface area contributed by atoms with E-state index in [1.807, 2.05) is 23.6 Å². The van der Waals surface area contributed by atoms with Crippen molar-refractivity contribution in [3.8, 4) is 0 Å². The minimum Gasteiger partial charge on any atom is -0.472 e. The first-order chi connectivity index (χ1) is 11.0. The van der Waals surface area contributed by atoms with Gasteiger partial charge in [0.25, 0.3) is 11.8 Å². The molecule has 0 saturated carbocycles. The van der Waals surface area contributed by atoms with Crippen LogP contribution < -0.4 is 0 Å². The van der Waals surface area contributed by atoms with Crippen LogP contribution in [-0.2, 0) is 9.53 Å². The zero-order valence-electron chi connectivity index (χ0n) is 13.9. The maximum atomic E-state index is 12.3. The lowest BCUT2D eigenvalue weighted by atomic mass is 9.79. The largest absolute Gasteiger partial charge is 0.472 e. The van der Waals surface area contributed by atoms with E-state index in [4.69, 9.17) is 9.15 Å². The first kappa shape index (κ1) is 16.1. The molecule has 0 spiro atoms. The highest BCUT2D eigenvalue weighted by atomic mass is 16.5. The van der Waals surface area contributed by atoms with Gasteiger partial charge < -0.3 is 19.0 Å². The summed E-state index contributed by atoms with van der Waals surface area (Å²) in [7, 11) is 1.60. The molecule has 3 rings (SSSR count). The highest BCUT2D eigenvalue weighted by molar-refractivity contribution is 5.94.